The number of hydrogen-bond donors (Lipinski definition) is 2. The average Bonchev–Trinajstić information content (AvgIpc) is 2.03. The summed E-state index contributed by atoms with van der Waals surface area (Å²) in [5.41, 5.74) is -0.440. The predicted octanol–water partition coefficient (Wildman–Crippen LogP) is -0.0170. The van der Waals surface area contributed by atoms with Gasteiger partial charge >= 0.3 is 24.8 Å². The second-order valence-electron chi connectivity index (χ2n) is 2.28. The van der Waals surface area contributed by atoms with Gasteiger partial charge in [0.1, 0.15) is 4.90 Å². The van der Waals surface area contributed by atoms with Crippen molar-refractivity contribution in [3.05, 3.63) is 29.8 Å². The quantitative estimate of drug-likeness (QED) is 0.528. The van der Waals surface area contributed by atoms with Gasteiger partial charge in [-0.05, 0) is 12.1 Å². The monoisotopic (exact) mass is 210 g/mol. The van der Waals surface area contributed by atoms with Crippen LogP contribution in [0, 0.1) is 0 Å². The van der Waals surface area contributed by atoms with E-state index in [0.717, 1.165) is 12.1 Å². The first-order chi connectivity index (χ1) is 5.93. The molecule has 0 heterocycles. The SMILES string of the molecule is O=C(O)c1ccccc1S(=O)(=O)O.[LiH]. The van der Waals surface area contributed by atoms with Crippen LogP contribution in [0.4, 0.5) is 0 Å². The van der Waals surface area contributed by atoms with Crippen molar-refractivity contribution in [2.24, 2.45) is 0 Å². The first-order valence-corrected chi connectivity index (χ1v) is 4.67. The van der Waals surface area contributed by atoms with Crippen LogP contribution in [-0.4, -0.2) is 42.9 Å². The fourth-order valence-electron chi connectivity index (χ4n) is 0.868. The third kappa shape index (κ3) is 2.85. The Morgan fingerprint density at radius 2 is 1.71 bits per heavy atom. The van der Waals surface area contributed by atoms with Crippen LogP contribution in [0.3, 0.4) is 0 Å². The molecule has 14 heavy (non-hydrogen) atoms. The van der Waals surface area contributed by atoms with E-state index in [9.17, 15) is 13.2 Å². The van der Waals surface area contributed by atoms with Gasteiger partial charge in [0.15, 0.2) is 0 Å². The van der Waals surface area contributed by atoms with Gasteiger partial charge in [-0.25, -0.2) is 4.79 Å². The van der Waals surface area contributed by atoms with Gasteiger partial charge < -0.3 is 5.11 Å². The van der Waals surface area contributed by atoms with Gasteiger partial charge in [0, 0.05) is 0 Å². The molecule has 0 aliphatic rings. The summed E-state index contributed by atoms with van der Waals surface area (Å²) in [6.07, 6.45) is 0. The van der Waals surface area contributed by atoms with Gasteiger partial charge in [0.05, 0.1) is 5.56 Å². The number of benzene rings is 1. The Balaban J connectivity index is 0.00000169. The summed E-state index contributed by atoms with van der Waals surface area (Å²) >= 11 is 0. The first kappa shape index (κ1) is 13.2. The molecule has 5 nitrogen and oxygen atoms in total. The molecule has 0 aliphatic carbocycles. The standard InChI is InChI=1S/C7H6O5S.Li.H/c8-7(9)5-3-1-2-4-6(5)13(10,11)12;;/h1-4H,(H,8,9)(H,10,11,12);;. The topological polar surface area (TPSA) is 91.7 Å². The molecule has 1 rings (SSSR count). The number of aromatic carboxylic acids is 1. The van der Waals surface area contributed by atoms with E-state index >= 15 is 0 Å². The van der Waals surface area contributed by atoms with E-state index in [1.807, 2.05) is 0 Å². The van der Waals surface area contributed by atoms with Crippen LogP contribution in [0.25, 0.3) is 0 Å². The summed E-state index contributed by atoms with van der Waals surface area (Å²) in [6.45, 7) is 0. The van der Waals surface area contributed by atoms with E-state index in [0.29, 0.717) is 0 Å². The first-order valence-electron chi connectivity index (χ1n) is 3.23. The average molecular weight is 210 g/mol. The molecule has 0 atom stereocenters. The molecule has 0 saturated heterocycles. The van der Waals surface area contributed by atoms with E-state index in [1.54, 1.807) is 0 Å². The van der Waals surface area contributed by atoms with E-state index < -0.39 is 26.5 Å². The fourth-order valence-corrected chi connectivity index (χ4v) is 1.55. The normalized spacial score (nSPS) is 10.4. The molecule has 2 N–H and O–H groups in total. The number of rotatable bonds is 2. The molecule has 0 fully saturated rings. The van der Waals surface area contributed by atoms with Gasteiger partial charge in [-0.3, -0.25) is 4.55 Å². The molecule has 0 spiro atoms. The molecule has 1 aromatic rings. The summed E-state index contributed by atoms with van der Waals surface area (Å²) in [5, 5.41) is 8.55. The van der Waals surface area contributed by atoms with Crippen molar-refractivity contribution < 1.29 is 22.9 Å². The molecular weight excluding hydrogens is 203 g/mol. The minimum absolute atomic E-state index is 0. The van der Waals surface area contributed by atoms with Gasteiger partial charge in [-0.2, -0.15) is 8.42 Å². The van der Waals surface area contributed by atoms with Crippen LogP contribution < -0.4 is 0 Å². The second kappa shape index (κ2) is 4.62. The Hall–Kier alpha value is -0.803. The van der Waals surface area contributed by atoms with Crippen molar-refractivity contribution >= 4 is 34.9 Å². The van der Waals surface area contributed by atoms with Crippen LogP contribution in [0.2, 0.25) is 0 Å². The molecule has 0 bridgehead atoms. The van der Waals surface area contributed by atoms with E-state index in [2.05, 4.69) is 0 Å². The second-order valence-corrected chi connectivity index (χ2v) is 3.67. The Bertz CT molecular complexity index is 439. The predicted molar refractivity (Wildman–Crippen MR) is 50.4 cm³/mol. The number of hydrogen-bond acceptors (Lipinski definition) is 3. The molecular formula is C7H7LiO5S. The third-order valence-electron chi connectivity index (χ3n) is 1.40. The van der Waals surface area contributed by atoms with Crippen molar-refractivity contribution in [1.82, 2.24) is 0 Å². The van der Waals surface area contributed by atoms with Crippen molar-refractivity contribution in [3.63, 3.8) is 0 Å². The summed E-state index contributed by atoms with van der Waals surface area (Å²) in [6, 6.07) is 4.83. The van der Waals surface area contributed by atoms with Crippen molar-refractivity contribution in [2.45, 2.75) is 4.90 Å². The summed E-state index contributed by atoms with van der Waals surface area (Å²) in [5.74, 6) is -1.40. The Morgan fingerprint density at radius 1 is 1.21 bits per heavy atom. The molecule has 0 amide bonds. The summed E-state index contributed by atoms with van der Waals surface area (Å²) < 4.78 is 29.9. The molecule has 0 aromatic heterocycles. The van der Waals surface area contributed by atoms with E-state index in [1.165, 1.54) is 12.1 Å². The van der Waals surface area contributed by atoms with Crippen molar-refractivity contribution in [1.29, 1.82) is 0 Å². The molecule has 0 aliphatic heterocycles. The molecule has 0 unspecified atom stereocenters. The maximum atomic E-state index is 10.7. The minimum atomic E-state index is -4.46. The fraction of sp³-hybridized carbons (Fsp3) is 0. The van der Waals surface area contributed by atoms with Crippen LogP contribution in [-0.2, 0) is 10.1 Å². The van der Waals surface area contributed by atoms with Crippen LogP contribution in [0.15, 0.2) is 29.2 Å². The molecule has 72 valence electrons. The Morgan fingerprint density at radius 3 is 2.07 bits per heavy atom. The van der Waals surface area contributed by atoms with Gasteiger partial charge in [0.2, 0.25) is 0 Å². The number of carboxylic acids is 1. The Kier molecular flexibility index (Phi) is 4.35. The molecule has 0 saturated carbocycles. The summed E-state index contributed by atoms with van der Waals surface area (Å²) in [7, 11) is -4.46. The van der Waals surface area contributed by atoms with Crippen LogP contribution in [0.5, 0.6) is 0 Å². The van der Waals surface area contributed by atoms with E-state index in [-0.39, 0.29) is 18.9 Å². The van der Waals surface area contributed by atoms with E-state index in [4.69, 9.17) is 9.66 Å². The van der Waals surface area contributed by atoms with Crippen molar-refractivity contribution in [3.8, 4) is 0 Å². The zero-order valence-corrected chi connectivity index (χ0v) is 7.15. The van der Waals surface area contributed by atoms with Crippen molar-refractivity contribution in [2.75, 3.05) is 0 Å². The molecule has 1 aromatic carbocycles. The molecule has 0 radical (unpaired) electrons. The van der Waals surface area contributed by atoms with Gasteiger partial charge in [0.25, 0.3) is 10.1 Å². The zero-order valence-electron chi connectivity index (χ0n) is 6.34. The molecule has 7 heteroatoms. The van der Waals surface area contributed by atoms with Crippen LogP contribution in [0.1, 0.15) is 10.4 Å². The number of carboxylic acid groups (broad SMARTS) is 1. The summed E-state index contributed by atoms with van der Waals surface area (Å²) in [4.78, 5) is 9.90. The van der Waals surface area contributed by atoms with Gasteiger partial charge in [-0.1, -0.05) is 12.1 Å². The zero-order chi connectivity index (χ0) is 10.1. The van der Waals surface area contributed by atoms with Crippen LogP contribution >= 0.6 is 0 Å². The number of carbonyl (C=O) groups is 1. The Labute approximate surface area is 92.7 Å². The maximum absolute atomic E-state index is 10.7. The van der Waals surface area contributed by atoms with Gasteiger partial charge in [-0.15, -0.1) is 0 Å². The third-order valence-corrected chi connectivity index (χ3v) is 2.31.